The van der Waals surface area contributed by atoms with Crippen LogP contribution in [0, 0.1) is 0 Å². The second-order valence-electron chi connectivity index (χ2n) is 8.94. The topological polar surface area (TPSA) is 85.2 Å². The van der Waals surface area contributed by atoms with E-state index in [0.29, 0.717) is 6.42 Å². The van der Waals surface area contributed by atoms with Crippen molar-refractivity contribution in [1.29, 1.82) is 0 Å². The van der Waals surface area contributed by atoms with Crippen LogP contribution in [0.4, 0.5) is 0 Å². The summed E-state index contributed by atoms with van der Waals surface area (Å²) < 4.78 is 0. The maximum Gasteiger partial charge on any atom is 0.271 e. The number of aromatic hydroxyl groups is 1. The number of likely N-dealkylation sites (tertiary alicyclic amines) is 1. The number of benzene rings is 3. The number of carbonyl (C=O) groups excluding carboxylic acids is 2. The van der Waals surface area contributed by atoms with Gasteiger partial charge in [0.15, 0.2) is 0 Å². The van der Waals surface area contributed by atoms with Crippen molar-refractivity contribution < 1.29 is 14.7 Å². The Balaban J connectivity index is 1.48. The van der Waals surface area contributed by atoms with E-state index in [9.17, 15) is 14.7 Å². The SMILES string of the molecule is CN1CCC(N(C)C(=O)Cc2ccc(C=NNC(=O)c3ccc(O)c(Cl)c3)c3ccccc23)CC1. The number of likely N-dealkylation sites (N-methyl/N-ethyl adjacent to an activating group) is 1. The Bertz CT molecular complexity index is 1270. The van der Waals surface area contributed by atoms with Crippen LogP contribution in [0.25, 0.3) is 10.8 Å². The predicted octanol–water partition coefficient (Wildman–Crippen LogP) is 4.06. The highest BCUT2D eigenvalue weighted by Crippen LogP contribution is 2.25. The molecule has 0 bridgehead atoms. The third-order valence-corrected chi connectivity index (χ3v) is 6.90. The van der Waals surface area contributed by atoms with E-state index in [-0.39, 0.29) is 28.3 Å². The summed E-state index contributed by atoms with van der Waals surface area (Å²) in [4.78, 5) is 29.6. The average molecular weight is 493 g/mol. The molecule has 2 amide bonds. The molecule has 182 valence electrons. The van der Waals surface area contributed by atoms with E-state index < -0.39 is 5.91 Å². The molecule has 1 fully saturated rings. The van der Waals surface area contributed by atoms with Crippen LogP contribution in [0.2, 0.25) is 5.02 Å². The van der Waals surface area contributed by atoms with Crippen molar-refractivity contribution in [2.45, 2.75) is 25.3 Å². The lowest BCUT2D eigenvalue weighted by Crippen LogP contribution is -2.45. The van der Waals surface area contributed by atoms with E-state index in [2.05, 4.69) is 22.5 Å². The van der Waals surface area contributed by atoms with Crippen molar-refractivity contribution in [1.82, 2.24) is 15.2 Å². The zero-order chi connectivity index (χ0) is 24.9. The van der Waals surface area contributed by atoms with Crippen LogP contribution in [-0.4, -0.2) is 66.2 Å². The first kappa shape index (κ1) is 24.7. The number of hydrogen-bond acceptors (Lipinski definition) is 5. The van der Waals surface area contributed by atoms with Crippen LogP contribution in [-0.2, 0) is 11.2 Å². The highest BCUT2D eigenvalue weighted by molar-refractivity contribution is 6.32. The summed E-state index contributed by atoms with van der Waals surface area (Å²) in [5, 5.41) is 15.6. The maximum atomic E-state index is 13.1. The van der Waals surface area contributed by atoms with Gasteiger partial charge in [-0.15, -0.1) is 0 Å². The second kappa shape index (κ2) is 10.9. The van der Waals surface area contributed by atoms with Crippen LogP contribution >= 0.6 is 11.6 Å². The molecule has 8 heteroatoms. The zero-order valence-corrected chi connectivity index (χ0v) is 20.6. The fourth-order valence-corrected chi connectivity index (χ4v) is 4.58. The summed E-state index contributed by atoms with van der Waals surface area (Å²) >= 11 is 5.88. The van der Waals surface area contributed by atoms with Crippen LogP contribution in [0.5, 0.6) is 5.75 Å². The van der Waals surface area contributed by atoms with Gasteiger partial charge in [-0.2, -0.15) is 5.10 Å². The maximum absolute atomic E-state index is 13.1. The molecule has 0 saturated carbocycles. The van der Waals surface area contributed by atoms with Gasteiger partial charge in [-0.05, 0) is 67.5 Å². The number of nitrogens with one attached hydrogen (secondary N) is 1. The van der Waals surface area contributed by atoms with Crippen LogP contribution in [0.1, 0.15) is 34.3 Å². The Morgan fingerprint density at radius 3 is 2.57 bits per heavy atom. The number of amides is 2. The summed E-state index contributed by atoms with van der Waals surface area (Å²) in [6.45, 7) is 2.02. The number of halogens is 1. The number of carbonyl (C=O) groups is 2. The Hall–Kier alpha value is -3.42. The van der Waals surface area contributed by atoms with Crippen molar-refractivity contribution in [2.75, 3.05) is 27.2 Å². The largest absolute Gasteiger partial charge is 0.506 e. The molecule has 0 aromatic heterocycles. The molecule has 0 radical (unpaired) electrons. The molecule has 0 atom stereocenters. The molecule has 7 nitrogen and oxygen atoms in total. The summed E-state index contributed by atoms with van der Waals surface area (Å²) in [6.07, 6.45) is 3.91. The van der Waals surface area contributed by atoms with Crippen molar-refractivity contribution >= 4 is 40.4 Å². The third kappa shape index (κ3) is 5.81. The Morgan fingerprint density at radius 2 is 1.86 bits per heavy atom. The number of hydrogen-bond donors (Lipinski definition) is 2. The lowest BCUT2D eigenvalue weighted by molar-refractivity contribution is -0.132. The number of rotatable bonds is 6. The molecule has 0 unspecified atom stereocenters. The van der Waals surface area contributed by atoms with E-state index in [1.165, 1.54) is 18.2 Å². The van der Waals surface area contributed by atoms with Crippen LogP contribution in [0.3, 0.4) is 0 Å². The van der Waals surface area contributed by atoms with E-state index in [1.54, 1.807) is 6.21 Å². The summed E-state index contributed by atoms with van der Waals surface area (Å²) in [5.41, 5.74) is 4.56. The van der Waals surface area contributed by atoms with Gasteiger partial charge in [-0.3, -0.25) is 9.59 Å². The molecule has 1 aliphatic heterocycles. The van der Waals surface area contributed by atoms with E-state index in [0.717, 1.165) is 47.8 Å². The molecule has 0 spiro atoms. The summed E-state index contributed by atoms with van der Waals surface area (Å²) in [6, 6.07) is 16.2. The molecule has 1 saturated heterocycles. The van der Waals surface area contributed by atoms with E-state index >= 15 is 0 Å². The second-order valence-corrected chi connectivity index (χ2v) is 9.35. The van der Waals surface area contributed by atoms with E-state index in [4.69, 9.17) is 11.6 Å². The first-order valence-electron chi connectivity index (χ1n) is 11.6. The summed E-state index contributed by atoms with van der Waals surface area (Å²) in [5.74, 6) is -0.410. The Kier molecular flexibility index (Phi) is 7.68. The van der Waals surface area contributed by atoms with Gasteiger partial charge in [0.25, 0.3) is 5.91 Å². The number of fused-ring (bicyclic) bond motifs is 1. The molecule has 35 heavy (non-hydrogen) atoms. The van der Waals surface area contributed by atoms with Crippen LogP contribution < -0.4 is 5.43 Å². The third-order valence-electron chi connectivity index (χ3n) is 6.60. The van der Waals surface area contributed by atoms with Crippen molar-refractivity contribution in [3.63, 3.8) is 0 Å². The minimum Gasteiger partial charge on any atom is -0.506 e. The summed E-state index contributed by atoms with van der Waals surface area (Å²) in [7, 11) is 4.02. The minimum absolute atomic E-state index is 0.0886. The van der Waals surface area contributed by atoms with Crippen LogP contribution in [0.15, 0.2) is 59.7 Å². The first-order valence-corrected chi connectivity index (χ1v) is 12.0. The number of hydrazone groups is 1. The van der Waals surface area contributed by atoms with Gasteiger partial charge in [0.1, 0.15) is 5.75 Å². The zero-order valence-electron chi connectivity index (χ0n) is 19.9. The Morgan fingerprint density at radius 1 is 1.14 bits per heavy atom. The first-order chi connectivity index (χ1) is 16.8. The van der Waals surface area contributed by atoms with Gasteiger partial charge >= 0.3 is 0 Å². The predicted molar refractivity (Wildman–Crippen MR) is 139 cm³/mol. The molecular formula is C27H29ClN4O3. The quantitative estimate of drug-likeness (QED) is 0.401. The number of nitrogens with zero attached hydrogens (tertiary/aromatic N) is 3. The van der Waals surface area contributed by atoms with Crippen molar-refractivity contribution in [3.8, 4) is 5.75 Å². The Labute approximate surface area is 210 Å². The highest BCUT2D eigenvalue weighted by atomic mass is 35.5. The fourth-order valence-electron chi connectivity index (χ4n) is 4.40. The van der Waals surface area contributed by atoms with Gasteiger partial charge in [0.2, 0.25) is 5.91 Å². The lowest BCUT2D eigenvalue weighted by Gasteiger charge is -2.35. The average Bonchev–Trinajstić information content (AvgIpc) is 2.86. The normalized spacial score (nSPS) is 14.9. The minimum atomic E-state index is -0.438. The van der Waals surface area contributed by atoms with E-state index in [1.807, 2.05) is 48.3 Å². The highest BCUT2D eigenvalue weighted by Gasteiger charge is 2.24. The van der Waals surface area contributed by atoms with Crippen molar-refractivity contribution in [3.05, 3.63) is 76.3 Å². The standard InChI is InChI=1S/C27H29ClN4O3/c1-31-13-11-21(12-14-31)32(2)26(34)16-18-7-8-20(23-6-4-3-5-22(18)23)17-29-30-27(35)19-9-10-25(33)24(28)15-19/h3-10,15,17,21,33H,11-14,16H2,1-2H3,(H,30,35). The van der Waals surface area contributed by atoms with Gasteiger partial charge in [-0.25, -0.2) is 5.43 Å². The number of phenolic OH excluding ortho intramolecular Hbond substituents is 1. The number of phenols is 1. The van der Waals surface area contributed by atoms with Gasteiger partial charge < -0.3 is 14.9 Å². The molecule has 2 N–H and O–H groups in total. The molecule has 1 aliphatic rings. The van der Waals surface area contributed by atoms with Crippen molar-refractivity contribution in [2.24, 2.45) is 5.10 Å². The lowest BCUT2D eigenvalue weighted by atomic mass is 9.97. The smallest absolute Gasteiger partial charge is 0.271 e. The van der Waals surface area contributed by atoms with Gasteiger partial charge in [0, 0.05) is 24.2 Å². The number of piperidine rings is 1. The van der Waals surface area contributed by atoms with Gasteiger partial charge in [-0.1, -0.05) is 48.0 Å². The molecular weight excluding hydrogens is 464 g/mol. The fraction of sp³-hybridized carbons (Fsp3) is 0.296. The van der Waals surface area contributed by atoms with Gasteiger partial charge in [0.05, 0.1) is 17.7 Å². The molecule has 3 aromatic rings. The molecule has 3 aromatic carbocycles. The molecule has 0 aliphatic carbocycles. The monoisotopic (exact) mass is 492 g/mol. The molecule has 4 rings (SSSR count). The molecule has 1 heterocycles.